The van der Waals surface area contributed by atoms with Gasteiger partial charge in [0, 0.05) is 21.6 Å². The van der Waals surface area contributed by atoms with E-state index in [1.165, 1.54) is 21.2 Å². The van der Waals surface area contributed by atoms with E-state index in [0.29, 0.717) is 12.5 Å². The minimum atomic E-state index is 0.123. The number of rotatable bonds is 2. The summed E-state index contributed by atoms with van der Waals surface area (Å²) in [7, 11) is 2.06. The van der Waals surface area contributed by atoms with Crippen LogP contribution in [0.3, 0.4) is 0 Å². The Hall–Kier alpha value is -1.04. The highest BCUT2D eigenvalue weighted by atomic mass is 127. The molecule has 0 N–H and O–H groups in total. The molecule has 2 bridgehead atoms. The van der Waals surface area contributed by atoms with Crippen LogP contribution in [0.2, 0.25) is 0 Å². The minimum absolute atomic E-state index is 0.123. The molecule has 1 aromatic heterocycles. The van der Waals surface area contributed by atoms with Crippen LogP contribution in [0.4, 0.5) is 0 Å². The molecule has 122 valence electrons. The topological polar surface area (TPSA) is 26.9 Å². The fourth-order valence-electron chi connectivity index (χ4n) is 5.01. The first kappa shape index (κ1) is 15.5. The predicted octanol–water partition coefficient (Wildman–Crippen LogP) is 4.01. The molecular weight excluding hydrogens is 399 g/mol. The first-order valence-corrected chi connectivity index (χ1v) is 9.40. The second-order valence-electron chi connectivity index (χ2n) is 7.92. The van der Waals surface area contributed by atoms with Gasteiger partial charge in [-0.25, -0.2) is 4.68 Å². The molecule has 2 aliphatic carbocycles. The highest BCUT2D eigenvalue weighted by Crippen LogP contribution is 2.66. The maximum Gasteiger partial charge on any atom is 0.270 e. The van der Waals surface area contributed by atoms with Crippen molar-refractivity contribution in [3.63, 3.8) is 0 Å². The van der Waals surface area contributed by atoms with Gasteiger partial charge in [-0.3, -0.25) is 9.48 Å². The van der Waals surface area contributed by atoms with E-state index < -0.39 is 0 Å². The van der Waals surface area contributed by atoms with Gasteiger partial charge in [-0.2, -0.15) is 0 Å². The Morgan fingerprint density at radius 1 is 1.22 bits per heavy atom. The Balaban J connectivity index is 1.84. The normalized spacial score (nSPS) is 27.4. The predicted molar refractivity (Wildman–Crippen MR) is 101 cm³/mol. The average molecular weight is 422 g/mol. The molecule has 2 aliphatic rings. The molecule has 4 heteroatoms. The zero-order valence-electron chi connectivity index (χ0n) is 14.2. The van der Waals surface area contributed by atoms with Crippen molar-refractivity contribution in [3.8, 4) is 0 Å². The van der Waals surface area contributed by atoms with Crippen LogP contribution < -0.4 is 5.56 Å². The first-order valence-electron chi connectivity index (χ1n) is 8.32. The maximum absolute atomic E-state index is 13.1. The van der Waals surface area contributed by atoms with E-state index in [2.05, 4.69) is 79.4 Å². The summed E-state index contributed by atoms with van der Waals surface area (Å²) in [4.78, 5) is 13.1. The Labute approximate surface area is 150 Å². The van der Waals surface area contributed by atoms with Gasteiger partial charge in [0.15, 0.2) is 0 Å². The van der Waals surface area contributed by atoms with Gasteiger partial charge in [0.2, 0.25) is 0 Å². The fraction of sp³-hybridized carbons (Fsp3) is 0.526. The SMILES string of the molecule is Cn1c2c(c(=O)n1Cc1ccc(I)cc1)[C@H]1CC[C@]2(C)C1(C)C. The standard InChI is InChI=1S/C19H23IN2O/c1-18(2)14-9-10-19(18,3)16-15(14)17(23)22(21(16)4)11-12-5-7-13(20)8-6-12/h5-8,14H,9-11H2,1-4H3/t14-,19+/m1/s1. The Morgan fingerprint density at radius 2 is 1.87 bits per heavy atom. The second kappa shape index (κ2) is 4.74. The van der Waals surface area contributed by atoms with Gasteiger partial charge in [0.05, 0.1) is 12.2 Å². The highest BCUT2D eigenvalue weighted by molar-refractivity contribution is 14.1. The number of aromatic nitrogens is 2. The molecule has 1 fully saturated rings. The third-order valence-electron chi connectivity index (χ3n) is 6.75. The van der Waals surface area contributed by atoms with Crippen molar-refractivity contribution in [1.29, 1.82) is 0 Å². The zero-order chi connectivity index (χ0) is 16.6. The number of benzene rings is 1. The smallest absolute Gasteiger partial charge is 0.270 e. The lowest BCUT2D eigenvalue weighted by Crippen LogP contribution is -2.35. The van der Waals surface area contributed by atoms with Gasteiger partial charge >= 0.3 is 0 Å². The van der Waals surface area contributed by atoms with Crippen molar-refractivity contribution in [1.82, 2.24) is 9.36 Å². The van der Waals surface area contributed by atoms with E-state index in [-0.39, 0.29) is 16.4 Å². The molecular formula is C19H23IN2O. The number of hydrogen-bond acceptors (Lipinski definition) is 1. The van der Waals surface area contributed by atoms with Crippen molar-refractivity contribution < 1.29 is 0 Å². The lowest BCUT2D eigenvalue weighted by Gasteiger charge is -2.36. The highest BCUT2D eigenvalue weighted by Gasteiger charge is 2.62. The summed E-state index contributed by atoms with van der Waals surface area (Å²) in [6, 6.07) is 8.44. The quantitative estimate of drug-likeness (QED) is 0.672. The molecule has 0 saturated heterocycles. The third-order valence-corrected chi connectivity index (χ3v) is 7.47. The molecule has 2 aromatic rings. The number of halogens is 1. The minimum Gasteiger partial charge on any atom is -0.289 e. The third kappa shape index (κ3) is 1.84. The van der Waals surface area contributed by atoms with Crippen molar-refractivity contribution in [3.05, 3.63) is 55.0 Å². The van der Waals surface area contributed by atoms with E-state index in [4.69, 9.17) is 0 Å². The molecule has 1 saturated carbocycles. The van der Waals surface area contributed by atoms with Gasteiger partial charge in [-0.15, -0.1) is 0 Å². The summed E-state index contributed by atoms with van der Waals surface area (Å²) in [5, 5.41) is 0. The van der Waals surface area contributed by atoms with E-state index in [0.717, 1.165) is 12.0 Å². The summed E-state index contributed by atoms with van der Waals surface area (Å²) < 4.78 is 5.30. The molecule has 0 spiro atoms. The van der Waals surface area contributed by atoms with Crippen LogP contribution in [0.5, 0.6) is 0 Å². The molecule has 0 radical (unpaired) electrons. The van der Waals surface area contributed by atoms with Gasteiger partial charge in [0.1, 0.15) is 0 Å². The largest absolute Gasteiger partial charge is 0.289 e. The summed E-state index contributed by atoms with van der Waals surface area (Å²) in [6.45, 7) is 7.69. The van der Waals surface area contributed by atoms with Crippen LogP contribution in [-0.2, 0) is 19.0 Å². The van der Waals surface area contributed by atoms with E-state index in [1.54, 1.807) is 0 Å². The Morgan fingerprint density at radius 3 is 2.48 bits per heavy atom. The average Bonchev–Trinajstić information content (AvgIpc) is 2.95. The van der Waals surface area contributed by atoms with Crippen LogP contribution in [0, 0.1) is 8.99 Å². The van der Waals surface area contributed by atoms with Crippen LogP contribution in [0.25, 0.3) is 0 Å². The van der Waals surface area contributed by atoms with Gasteiger partial charge in [0.25, 0.3) is 5.56 Å². The molecule has 0 aliphatic heterocycles. The Kier molecular flexibility index (Phi) is 3.19. The monoisotopic (exact) mass is 422 g/mol. The van der Waals surface area contributed by atoms with E-state index in [9.17, 15) is 4.79 Å². The van der Waals surface area contributed by atoms with Crippen molar-refractivity contribution in [2.45, 2.75) is 51.5 Å². The molecule has 4 rings (SSSR count). The summed E-state index contributed by atoms with van der Waals surface area (Å²) in [5.74, 6) is 0.416. The number of hydrogen-bond donors (Lipinski definition) is 0. The Bertz CT molecular complexity index is 843. The van der Waals surface area contributed by atoms with E-state index >= 15 is 0 Å². The number of nitrogens with zero attached hydrogens (tertiary/aromatic N) is 2. The van der Waals surface area contributed by atoms with Crippen molar-refractivity contribution >= 4 is 22.6 Å². The fourth-order valence-corrected chi connectivity index (χ4v) is 5.37. The summed E-state index contributed by atoms with van der Waals surface area (Å²) in [6.07, 6.45) is 2.35. The van der Waals surface area contributed by atoms with Crippen LogP contribution in [-0.4, -0.2) is 9.36 Å². The second-order valence-corrected chi connectivity index (χ2v) is 9.17. The lowest BCUT2D eigenvalue weighted by atomic mass is 9.70. The zero-order valence-corrected chi connectivity index (χ0v) is 16.3. The maximum atomic E-state index is 13.1. The van der Waals surface area contributed by atoms with Crippen LogP contribution in [0.1, 0.15) is 56.4 Å². The van der Waals surface area contributed by atoms with Gasteiger partial charge in [-0.1, -0.05) is 32.9 Å². The van der Waals surface area contributed by atoms with Crippen LogP contribution in [0.15, 0.2) is 29.1 Å². The molecule has 23 heavy (non-hydrogen) atoms. The van der Waals surface area contributed by atoms with E-state index in [1.807, 2.05) is 4.68 Å². The first-order chi connectivity index (χ1) is 10.8. The van der Waals surface area contributed by atoms with Crippen molar-refractivity contribution in [2.24, 2.45) is 12.5 Å². The molecule has 2 atom stereocenters. The van der Waals surface area contributed by atoms with Gasteiger partial charge in [-0.05, 0) is 64.5 Å². The number of fused-ring (bicyclic) bond motifs is 5. The molecule has 0 unspecified atom stereocenters. The van der Waals surface area contributed by atoms with Crippen molar-refractivity contribution in [2.75, 3.05) is 0 Å². The van der Waals surface area contributed by atoms with Crippen LogP contribution >= 0.6 is 22.6 Å². The molecule has 1 aromatic carbocycles. The molecule has 3 nitrogen and oxygen atoms in total. The summed E-state index contributed by atoms with van der Waals surface area (Å²) >= 11 is 2.31. The summed E-state index contributed by atoms with van der Waals surface area (Å²) in [5.41, 5.74) is 4.10. The molecule has 0 amide bonds. The molecule has 1 heterocycles. The van der Waals surface area contributed by atoms with Gasteiger partial charge < -0.3 is 0 Å². The lowest BCUT2D eigenvalue weighted by molar-refractivity contribution is 0.215.